The molecule has 1 aromatic heterocycles. The van der Waals surface area contributed by atoms with E-state index < -0.39 is 6.10 Å². The standard InChI is InChI=1S/C15H14ClN3O2/c1-11(21-14-7-5-12(16)6-8-14)15(20)19-18-10-13-4-2-3-9-17-13/h2-11H,1H3,(H,19,20)/b18-10+. The third kappa shape index (κ3) is 4.89. The summed E-state index contributed by atoms with van der Waals surface area (Å²) in [5, 5.41) is 4.44. The summed E-state index contributed by atoms with van der Waals surface area (Å²) in [7, 11) is 0. The minimum Gasteiger partial charge on any atom is -0.481 e. The monoisotopic (exact) mass is 303 g/mol. The van der Waals surface area contributed by atoms with E-state index in [0.717, 1.165) is 0 Å². The molecule has 1 aromatic carbocycles. The van der Waals surface area contributed by atoms with Crippen LogP contribution in [0.2, 0.25) is 5.02 Å². The molecule has 0 spiro atoms. The number of nitrogens with one attached hydrogen (secondary N) is 1. The molecule has 0 aliphatic carbocycles. The molecule has 21 heavy (non-hydrogen) atoms. The summed E-state index contributed by atoms with van der Waals surface area (Å²) in [6.07, 6.45) is 2.44. The van der Waals surface area contributed by atoms with E-state index in [2.05, 4.69) is 15.5 Å². The Bertz CT molecular complexity index is 615. The highest BCUT2D eigenvalue weighted by Crippen LogP contribution is 2.16. The van der Waals surface area contributed by atoms with Crippen molar-refractivity contribution in [3.05, 3.63) is 59.4 Å². The molecule has 0 fully saturated rings. The van der Waals surface area contributed by atoms with Gasteiger partial charge < -0.3 is 4.74 Å². The van der Waals surface area contributed by atoms with Crippen LogP contribution in [0, 0.1) is 0 Å². The third-order valence-corrected chi connectivity index (χ3v) is 2.81. The van der Waals surface area contributed by atoms with Crippen LogP contribution in [0.3, 0.4) is 0 Å². The van der Waals surface area contributed by atoms with Gasteiger partial charge in [-0.3, -0.25) is 9.78 Å². The Morgan fingerprint density at radius 1 is 1.33 bits per heavy atom. The lowest BCUT2D eigenvalue weighted by atomic mass is 10.3. The summed E-state index contributed by atoms with van der Waals surface area (Å²) in [4.78, 5) is 15.9. The van der Waals surface area contributed by atoms with Gasteiger partial charge >= 0.3 is 0 Å². The second kappa shape index (κ2) is 7.40. The van der Waals surface area contributed by atoms with Crippen LogP contribution in [0.4, 0.5) is 0 Å². The van der Waals surface area contributed by atoms with Gasteiger partial charge in [0.25, 0.3) is 5.91 Å². The first-order valence-corrected chi connectivity index (χ1v) is 6.69. The number of nitrogens with zero attached hydrogens (tertiary/aromatic N) is 2. The topological polar surface area (TPSA) is 63.6 Å². The first-order valence-electron chi connectivity index (χ1n) is 6.31. The molecule has 0 radical (unpaired) electrons. The smallest absolute Gasteiger partial charge is 0.280 e. The van der Waals surface area contributed by atoms with Gasteiger partial charge in [0.15, 0.2) is 6.10 Å². The summed E-state index contributed by atoms with van der Waals surface area (Å²) in [5.74, 6) is 0.216. The molecule has 5 nitrogen and oxygen atoms in total. The summed E-state index contributed by atoms with van der Waals surface area (Å²) in [6, 6.07) is 12.2. The zero-order valence-electron chi connectivity index (χ0n) is 11.4. The van der Waals surface area contributed by atoms with Crippen LogP contribution in [-0.2, 0) is 4.79 Å². The fraction of sp³-hybridized carbons (Fsp3) is 0.133. The number of benzene rings is 1. The number of rotatable bonds is 5. The normalized spacial score (nSPS) is 12.1. The average Bonchev–Trinajstić information content (AvgIpc) is 2.50. The molecule has 1 atom stereocenters. The highest BCUT2D eigenvalue weighted by molar-refractivity contribution is 6.30. The van der Waals surface area contributed by atoms with E-state index in [1.54, 1.807) is 49.5 Å². The van der Waals surface area contributed by atoms with Gasteiger partial charge in [-0.15, -0.1) is 0 Å². The number of carbonyl (C=O) groups is 1. The molecule has 2 rings (SSSR count). The molecule has 2 aromatic rings. The molecule has 1 N–H and O–H groups in total. The van der Waals surface area contributed by atoms with Crippen LogP contribution >= 0.6 is 11.6 Å². The van der Waals surface area contributed by atoms with Gasteiger partial charge in [0, 0.05) is 11.2 Å². The highest BCUT2D eigenvalue weighted by Gasteiger charge is 2.13. The van der Waals surface area contributed by atoms with Crippen LogP contribution in [-0.4, -0.2) is 23.2 Å². The summed E-state index contributed by atoms with van der Waals surface area (Å²) in [6.45, 7) is 1.64. The molecule has 1 unspecified atom stereocenters. The van der Waals surface area contributed by atoms with Crippen molar-refractivity contribution in [2.75, 3.05) is 0 Å². The van der Waals surface area contributed by atoms with Gasteiger partial charge in [-0.05, 0) is 43.3 Å². The van der Waals surface area contributed by atoms with E-state index in [9.17, 15) is 4.79 Å². The zero-order valence-corrected chi connectivity index (χ0v) is 12.1. The van der Waals surface area contributed by atoms with Crippen molar-refractivity contribution >= 4 is 23.7 Å². The number of carbonyl (C=O) groups excluding carboxylic acids is 1. The second-order valence-electron chi connectivity index (χ2n) is 4.20. The molecule has 1 amide bonds. The SMILES string of the molecule is CC(Oc1ccc(Cl)cc1)C(=O)N/N=C/c1ccccn1. The van der Waals surface area contributed by atoms with Gasteiger partial charge in [-0.1, -0.05) is 17.7 Å². The first kappa shape index (κ1) is 15.0. The van der Waals surface area contributed by atoms with Gasteiger partial charge in [-0.2, -0.15) is 5.10 Å². The Balaban J connectivity index is 1.85. The number of halogens is 1. The lowest BCUT2D eigenvalue weighted by Crippen LogP contribution is -2.33. The third-order valence-electron chi connectivity index (χ3n) is 2.56. The minimum absolute atomic E-state index is 0.350. The molecule has 0 aliphatic rings. The maximum absolute atomic E-state index is 11.8. The largest absolute Gasteiger partial charge is 0.481 e. The summed E-state index contributed by atoms with van der Waals surface area (Å²) in [5.41, 5.74) is 3.06. The number of pyridine rings is 1. The zero-order chi connectivity index (χ0) is 15.1. The average molecular weight is 304 g/mol. The number of amides is 1. The lowest BCUT2D eigenvalue weighted by Gasteiger charge is -2.12. The van der Waals surface area contributed by atoms with Crippen molar-refractivity contribution in [3.63, 3.8) is 0 Å². The predicted molar refractivity (Wildman–Crippen MR) is 81.5 cm³/mol. The second-order valence-corrected chi connectivity index (χ2v) is 4.64. The van der Waals surface area contributed by atoms with E-state index in [-0.39, 0.29) is 5.91 Å². The Morgan fingerprint density at radius 2 is 2.10 bits per heavy atom. The number of hydrogen-bond acceptors (Lipinski definition) is 4. The van der Waals surface area contributed by atoms with E-state index in [1.165, 1.54) is 6.21 Å². The van der Waals surface area contributed by atoms with E-state index >= 15 is 0 Å². The van der Waals surface area contributed by atoms with Crippen molar-refractivity contribution < 1.29 is 9.53 Å². The highest BCUT2D eigenvalue weighted by atomic mass is 35.5. The maximum Gasteiger partial charge on any atom is 0.280 e. The summed E-state index contributed by atoms with van der Waals surface area (Å²) < 4.78 is 5.47. The Hall–Kier alpha value is -2.40. The van der Waals surface area contributed by atoms with E-state index in [4.69, 9.17) is 16.3 Å². The fourth-order valence-corrected chi connectivity index (χ4v) is 1.60. The van der Waals surface area contributed by atoms with Crippen molar-refractivity contribution in [3.8, 4) is 5.75 Å². The van der Waals surface area contributed by atoms with Crippen LogP contribution in [0.5, 0.6) is 5.75 Å². The number of hydrazone groups is 1. The van der Waals surface area contributed by atoms with Crippen molar-refractivity contribution in [1.29, 1.82) is 0 Å². The molecule has 108 valence electrons. The Morgan fingerprint density at radius 3 is 2.76 bits per heavy atom. The lowest BCUT2D eigenvalue weighted by molar-refractivity contribution is -0.127. The number of aromatic nitrogens is 1. The maximum atomic E-state index is 11.8. The van der Waals surface area contributed by atoms with E-state index in [0.29, 0.717) is 16.5 Å². The fourth-order valence-electron chi connectivity index (χ4n) is 1.48. The van der Waals surface area contributed by atoms with Gasteiger partial charge in [-0.25, -0.2) is 5.43 Å². The van der Waals surface area contributed by atoms with Crippen molar-refractivity contribution in [2.24, 2.45) is 5.10 Å². The summed E-state index contributed by atoms with van der Waals surface area (Å²) >= 11 is 5.78. The number of hydrogen-bond donors (Lipinski definition) is 1. The Kier molecular flexibility index (Phi) is 5.29. The molecule has 6 heteroatoms. The first-order chi connectivity index (χ1) is 10.1. The van der Waals surface area contributed by atoms with E-state index in [1.807, 2.05) is 6.07 Å². The molecular weight excluding hydrogens is 290 g/mol. The predicted octanol–water partition coefficient (Wildman–Crippen LogP) is 2.65. The van der Waals surface area contributed by atoms with Crippen LogP contribution in [0.15, 0.2) is 53.8 Å². The molecule has 0 saturated carbocycles. The van der Waals surface area contributed by atoms with Crippen molar-refractivity contribution in [1.82, 2.24) is 10.4 Å². The van der Waals surface area contributed by atoms with Crippen LogP contribution in [0.25, 0.3) is 0 Å². The van der Waals surface area contributed by atoms with Crippen molar-refractivity contribution in [2.45, 2.75) is 13.0 Å². The quantitative estimate of drug-likeness (QED) is 0.682. The van der Waals surface area contributed by atoms with Crippen LogP contribution in [0.1, 0.15) is 12.6 Å². The molecular formula is C15H14ClN3O2. The Labute approximate surface area is 127 Å². The van der Waals surface area contributed by atoms with Gasteiger partial charge in [0.1, 0.15) is 5.75 Å². The van der Waals surface area contributed by atoms with Gasteiger partial charge in [0.2, 0.25) is 0 Å². The molecule has 0 saturated heterocycles. The van der Waals surface area contributed by atoms with Crippen LogP contribution < -0.4 is 10.2 Å². The molecule has 0 bridgehead atoms. The van der Waals surface area contributed by atoms with Gasteiger partial charge in [0.05, 0.1) is 11.9 Å². The molecule has 0 aliphatic heterocycles. The molecule has 1 heterocycles. The number of ether oxygens (including phenoxy) is 1. The minimum atomic E-state index is -0.674.